The first-order valence-electron chi connectivity index (χ1n) is 5.74. The summed E-state index contributed by atoms with van der Waals surface area (Å²) < 4.78 is 30.2. The summed E-state index contributed by atoms with van der Waals surface area (Å²) in [5.74, 6) is 0.531. The first-order valence-corrected chi connectivity index (χ1v) is 5.74. The Kier molecular flexibility index (Phi) is 4.23. The summed E-state index contributed by atoms with van der Waals surface area (Å²) in [6.45, 7) is 0.327. The van der Waals surface area contributed by atoms with Crippen molar-refractivity contribution in [1.82, 2.24) is 0 Å². The third-order valence-corrected chi connectivity index (χ3v) is 2.65. The first-order chi connectivity index (χ1) is 9.19. The van der Waals surface area contributed by atoms with Crippen LogP contribution in [0.3, 0.4) is 0 Å². The Morgan fingerprint density at radius 3 is 2.16 bits per heavy atom. The molecule has 2 rings (SSSR count). The fourth-order valence-corrected chi connectivity index (χ4v) is 1.57. The van der Waals surface area contributed by atoms with E-state index in [2.05, 4.69) is 0 Å². The summed E-state index contributed by atoms with van der Waals surface area (Å²) in [5.41, 5.74) is 1.48. The molecule has 0 bridgehead atoms. The van der Waals surface area contributed by atoms with E-state index in [-0.39, 0.29) is 5.56 Å². The molecule has 19 heavy (non-hydrogen) atoms. The maximum Gasteiger partial charge on any atom is 0.263 e. The number of carbonyl (C=O) groups is 1. The number of hydrogen-bond acceptors (Lipinski definition) is 2. The van der Waals surface area contributed by atoms with E-state index >= 15 is 0 Å². The highest BCUT2D eigenvalue weighted by Gasteiger charge is 2.06. The maximum absolute atomic E-state index is 12.4. The van der Waals surface area contributed by atoms with Crippen LogP contribution in [-0.4, -0.2) is 6.29 Å². The summed E-state index contributed by atoms with van der Waals surface area (Å²) >= 11 is 0. The first kappa shape index (κ1) is 13.2. The zero-order valence-corrected chi connectivity index (χ0v) is 10.1. The fraction of sp³-hybridized carbons (Fsp3) is 0.133. The van der Waals surface area contributed by atoms with E-state index in [1.54, 1.807) is 24.3 Å². The van der Waals surface area contributed by atoms with Crippen molar-refractivity contribution in [1.29, 1.82) is 0 Å². The van der Waals surface area contributed by atoms with Gasteiger partial charge in [0.15, 0.2) is 0 Å². The summed E-state index contributed by atoms with van der Waals surface area (Å²) in [6, 6.07) is 12.7. The molecule has 0 aliphatic carbocycles. The number of hydrogen-bond donors (Lipinski definition) is 0. The molecule has 0 saturated carbocycles. The van der Waals surface area contributed by atoms with Crippen LogP contribution in [-0.2, 0) is 6.61 Å². The second-order valence-electron chi connectivity index (χ2n) is 4.02. The van der Waals surface area contributed by atoms with Gasteiger partial charge in [-0.1, -0.05) is 24.3 Å². The van der Waals surface area contributed by atoms with E-state index in [0.717, 1.165) is 11.8 Å². The molecule has 0 saturated heterocycles. The van der Waals surface area contributed by atoms with Gasteiger partial charge in [-0.2, -0.15) is 0 Å². The van der Waals surface area contributed by atoms with Crippen LogP contribution in [0, 0.1) is 0 Å². The summed E-state index contributed by atoms with van der Waals surface area (Å²) in [4.78, 5) is 10.5. The smallest absolute Gasteiger partial charge is 0.263 e. The highest BCUT2D eigenvalue weighted by atomic mass is 19.3. The minimum atomic E-state index is -2.47. The molecule has 0 aliphatic heterocycles. The summed E-state index contributed by atoms with van der Waals surface area (Å²) in [6.07, 6.45) is -1.70. The van der Waals surface area contributed by atoms with Gasteiger partial charge in [-0.3, -0.25) is 4.79 Å². The van der Waals surface area contributed by atoms with Crippen molar-refractivity contribution in [3.8, 4) is 5.75 Å². The molecule has 0 unspecified atom stereocenters. The lowest BCUT2D eigenvalue weighted by Crippen LogP contribution is -1.96. The lowest BCUT2D eigenvalue weighted by atomic mass is 10.1. The zero-order valence-electron chi connectivity index (χ0n) is 10.1. The van der Waals surface area contributed by atoms with Crippen LogP contribution in [0.15, 0.2) is 48.5 Å². The van der Waals surface area contributed by atoms with Gasteiger partial charge >= 0.3 is 0 Å². The number of ether oxygens (including phenoxy) is 1. The fourth-order valence-electron chi connectivity index (χ4n) is 1.57. The molecule has 2 aromatic rings. The molecule has 0 atom stereocenters. The molecule has 0 aromatic heterocycles. The number of halogens is 2. The van der Waals surface area contributed by atoms with Crippen molar-refractivity contribution in [2.45, 2.75) is 13.0 Å². The average Bonchev–Trinajstić information content (AvgIpc) is 2.46. The maximum atomic E-state index is 12.4. The number of benzene rings is 2. The Labute approximate surface area is 109 Å². The van der Waals surface area contributed by atoms with Crippen LogP contribution in [0.2, 0.25) is 0 Å². The van der Waals surface area contributed by atoms with Gasteiger partial charge < -0.3 is 4.74 Å². The van der Waals surface area contributed by atoms with Crippen molar-refractivity contribution >= 4 is 6.29 Å². The van der Waals surface area contributed by atoms with E-state index in [9.17, 15) is 13.6 Å². The van der Waals surface area contributed by atoms with Crippen molar-refractivity contribution in [2.75, 3.05) is 0 Å². The number of alkyl halides is 2. The molecule has 0 heterocycles. The topological polar surface area (TPSA) is 26.3 Å². The molecule has 2 nitrogen and oxygen atoms in total. The van der Waals surface area contributed by atoms with Gasteiger partial charge in [0.1, 0.15) is 18.6 Å². The Balaban J connectivity index is 1.95. The summed E-state index contributed by atoms with van der Waals surface area (Å²) in [5, 5.41) is 0. The largest absolute Gasteiger partial charge is 0.489 e. The Morgan fingerprint density at radius 1 is 1.00 bits per heavy atom. The van der Waals surface area contributed by atoms with Gasteiger partial charge in [-0.15, -0.1) is 0 Å². The van der Waals surface area contributed by atoms with E-state index in [1.807, 2.05) is 0 Å². The van der Waals surface area contributed by atoms with Gasteiger partial charge in [0.25, 0.3) is 6.43 Å². The Bertz CT molecular complexity index is 533. The lowest BCUT2D eigenvalue weighted by molar-refractivity contribution is 0.112. The van der Waals surface area contributed by atoms with Gasteiger partial charge in [0.05, 0.1) is 0 Å². The van der Waals surface area contributed by atoms with Crippen LogP contribution >= 0.6 is 0 Å². The highest BCUT2D eigenvalue weighted by Crippen LogP contribution is 2.22. The zero-order chi connectivity index (χ0) is 13.7. The molecule has 0 radical (unpaired) electrons. The number of aldehydes is 1. The van der Waals surface area contributed by atoms with Gasteiger partial charge in [-0.05, 0) is 29.8 Å². The predicted octanol–water partition coefficient (Wildman–Crippen LogP) is 4.02. The molecule has 0 spiro atoms. The molecule has 0 amide bonds. The predicted molar refractivity (Wildman–Crippen MR) is 67.6 cm³/mol. The number of carbonyl (C=O) groups excluding carboxylic acids is 1. The van der Waals surface area contributed by atoms with Gasteiger partial charge in [0.2, 0.25) is 0 Å². The normalized spacial score (nSPS) is 10.5. The standard InChI is InChI=1S/C15H12F2O2/c16-15(17)13-5-7-14(8-6-13)19-10-12-3-1-11(9-18)2-4-12/h1-9,15H,10H2. The van der Waals surface area contributed by atoms with Crippen LogP contribution in [0.25, 0.3) is 0 Å². The molecular formula is C15H12F2O2. The molecular weight excluding hydrogens is 250 g/mol. The second kappa shape index (κ2) is 6.09. The summed E-state index contributed by atoms with van der Waals surface area (Å²) in [7, 11) is 0. The van der Waals surface area contributed by atoms with Crippen LogP contribution in [0.4, 0.5) is 8.78 Å². The van der Waals surface area contributed by atoms with Gasteiger partial charge in [-0.25, -0.2) is 8.78 Å². The van der Waals surface area contributed by atoms with E-state index in [1.165, 1.54) is 24.3 Å². The quantitative estimate of drug-likeness (QED) is 0.761. The van der Waals surface area contributed by atoms with Crippen molar-refractivity contribution in [3.05, 3.63) is 65.2 Å². The van der Waals surface area contributed by atoms with Crippen LogP contribution < -0.4 is 4.74 Å². The number of rotatable bonds is 5. The third-order valence-electron chi connectivity index (χ3n) is 2.65. The second-order valence-corrected chi connectivity index (χ2v) is 4.02. The van der Waals surface area contributed by atoms with Crippen molar-refractivity contribution in [2.24, 2.45) is 0 Å². The molecule has 0 N–H and O–H groups in total. The monoisotopic (exact) mass is 262 g/mol. The lowest BCUT2D eigenvalue weighted by Gasteiger charge is -2.07. The van der Waals surface area contributed by atoms with Crippen LogP contribution in [0.5, 0.6) is 5.75 Å². The molecule has 0 fully saturated rings. The Hall–Kier alpha value is -2.23. The third kappa shape index (κ3) is 3.61. The highest BCUT2D eigenvalue weighted by molar-refractivity contribution is 5.74. The molecule has 2 aromatic carbocycles. The SMILES string of the molecule is O=Cc1ccc(COc2ccc(C(F)F)cc2)cc1. The van der Waals surface area contributed by atoms with Crippen molar-refractivity contribution in [3.63, 3.8) is 0 Å². The van der Waals surface area contributed by atoms with Crippen molar-refractivity contribution < 1.29 is 18.3 Å². The molecule has 98 valence electrons. The molecule has 4 heteroatoms. The average molecular weight is 262 g/mol. The van der Waals surface area contributed by atoms with E-state index < -0.39 is 6.43 Å². The van der Waals surface area contributed by atoms with Crippen LogP contribution in [0.1, 0.15) is 27.9 Å². The molecule has 0 aliphatic rings. The van der Waals surface area contributed by atoms with E-state index in [0.29, 0.717) is 17.9 Å². The van der Waals surface area contributed by atoms with E-state index in [4.69, 9.17) is 4.74 Å². The Morgan fingerprint density at radius 2 is 1.63 bits per heavy atom. The van der Waals surface area contributed by atoms with Gasteiger partial charge in [0, 0.05) is 11.1 Å². The minimum absolute atomic E-state index is 0.0253. The minimum Gasteiger partial charge on any atom is -0.489 e.